The Kier molecular flexibility index (Phi) is 5.56. The van der Waals surface area contributed by atoms with Crippen LogP contribution in [0.25, 0.3) is 28.2 Å². The lowest BCUT2D eigenvalue weighted by Crippen LogP contribution is -2.23. The third kappa shape index (κ3) is 3.72. The fourth-order valence-corrected chi connectivity index (χ4v) is 4.79. The minimum Gasteiger partial charge on any atom is -0.311 e. The summed E-state index contributed by atoms with van der Waals surface area (Å²) in [5, 5.41) is 11.5. The summed E-state index contributed by atoms with van der Waals surface area (Å²) in [5.41, 5.74) is 2.33. The zero-order valence-electron chi connectivity index (χ0n) is 17.5. The molecule has 2 heterocycles. The molecule has 4 aromatic rings. The molecule has 0 radical (unpaired) electrons. The number of carbonyl (C=O) groups is 1. The summed E-state index contributed by atoms with van der Waals surface area (Å²) in [6, 6.07) is 16.6. The van der Waals surface area contributed by atoms with E-state index in [0.29, 0.717) is 27.7 Å². The maximum atomic E-state index is 13.6. The number of hydrogen-bond acceptors (Lipinski definition) is 5. The van der Waals surface area contributed by atoms with Gasteiger partial charge >= 0.3 is 0 Å². The third-order valence-electron chi connectivity index (χ3n) is 5.59. The Labute approximate surface area is 215 Å². The maximum absolute atomic E-state index is 13.6. The van der Waals surface area contributed by atoms with Gasteiger partial charge in [-0.2, -0.15) is 0 Å². The Morgan fingerprint density at radius 3 is 2.50 bits per heavy atom. The smallest absolute Gasteiger partial charge is 0.269 e. The molecular formula is C24H14BrIN4O4. The first-order valence-electron chi connectivity index (χ1n) is 10.0. The Hall–Kier alpha value is -3.38. The van der Waals surface area contributed by atoms with Crippen molar-refractivity contribution >= 4 is 78.4 Å². The van der Waals surface area contributed by atoms with E-state index in [-0.39, 0.29) is 23.0 Å². The quantitative estimate of drug-likeness (QED) is 0.135. The highest BCUT2D eigenvalue weighted by Crippen LogP contribution is 2.38. The molecule has 34 heavy (non-hydrogen) atoms. The number of benzene rings is 3. The monoisotopic (exact) mass is 628 g/mol. The lowest BCUT2D eigenvalue weighted by Gasteiger charge is -2.12. The molecular weight excluding hydrogens is 615 g/mol. The number of nitro benzene ring substituents is 1. The van der Waals surface area contributed by atoms with Crippen molar-refractivity contribution in [2.75, 3.05) is 11.9 Å². The summed E-state index contributed by atoms with van der Waals surface area (Å²) in [6.07, 6.45) is 1.59. The number of hydrogen-bond donors (Lipinski definition) is 0. The number of fused-ring (bicyclic) bond motifs is 2. The molecule has 0 saturated carbocycles. The summed E-state index contributed by atoms with van der Waals surface area (Å²) in [4.78, 5) is 43.5. The standard InChI is InChI=1S/C24H14BrIN4O4/c1-28-21-9-2-13(25)10-17(21)18(23(28)31)12-22-27-20-8-3-14(26)11-19(20)24(32)29(22)15-4-6-16(7-5-15)30(33)34/h2-12H,1H3/b18-12-. The summed E-state index contributed by atoms with van der Waals surface area (Å²) in [7, 11) is 1.69. The molecule has 0 saturated heterocycles. The molecule has 0 aliphatic carbocycles. The van der Waals surface area contributed by atoms with E-state index in [1.165, 1.54) is 28.8 Å². The van der Waals surface area contributed by atoms with E-state index in [0.717, 1.165) is 13.7 Å². The van der Waals surface area contributed by atoms with E-state index < -0.39 is 4.92 Å². The number of anilines is 1. The van der Waals surface area contributed by atoms with E-state index in [2.05, 4.69) is 38.5 Å². The molecule has 3 aromatic carbocycles. The van der Waals surface area contributed by atoms with Gasteiger partial charge in [-0.05, 0) is 77.2 Å². The van der Waals surface area contributed by atoms with E-state index in [9.17, 15) is 19.7 Å². The average Bonchev–Trinajstić information content (AvgIpc) is 3.04. The molecule has 0 spiro atoms. The first kappa shape index (κ1) is 22.4. The van der Waals surface area contributed by atoms with Crippen LogP contribution in [0, 0.1) is 13.7 Å². The molecule has 0 bridgehead atoms. The number of nitro groups is 1. The van der Waals surface area contributed by atoms with Crippen molar-refractivity contribution in [1.82, 2.24) is 9.55 Å². The van der Waals surface area contributed by atoms with Crippen LogP contribution in [0.1, 0.15) is 11.4 Å². The van der Waals surface area contributed by atoms with Gasteiger partial charge in [0.2, 0.25) is 0 Å². The van der Waals surface area contributed by atoms with Gasteiger partial charge in [-0.3, -0.25) is 24.3 Å². The van der Waals surface area contributed by atoms with E-state index in [1.807, 2.05) is 24.3 Å². The van der Waals surface area contributed by atoms with Crippen LogP contribution in [-0.4, -0.2) is 27.4 Å². The summed E-state index contributed by atoms with van der Waals surface area (Å²) < 4.78 is 3.06. The van der Waals surface area contributed by atoms with E-state index in [1.54, 1.807) is 30.2 Å². The zero-order valence-corrected chi connectivity index (χ0v) is 21.3. The molecule has 1 aromatic heterocycles. The van der Waals surface area contributed by atoms with Crippen LogP contribution < -0.4 is 10.5 Å². The molecule has 1 aliphatic rings. The Bertz CT molecular complexity index is 1610. The number of non-ortho nitro benzene ring substituents is 1. The number of nitrogens with zero attached hydrogens (tertiary/aromatic N) is 4. The fourth-order valence-electron chi connectivity index (χ4n) is 3.94. The van der Waals surface area contributed by atoms with Gasteiger partial charge in [0.15, 0.2) is 0 Å². The predicted molar refractivity (Wildman–Crippen MR) is 142 cm³/mol. The second-order valence-corrected chi connectivity index (χ2v) is 9.79. The van der Waals surface area contributed by atoms with Crippen LogP contribution in [0.2, 0.25) is 0 Å². The molecule has 0 unspecified atom stereocenters. The van der Waals surface area contributed by atoms with Crippen molar-refractivity contribution in [2.24, 2.45) is 0 Å². The molecule has 10 heteroatoms. The van der Waals surface area contributed by atoms with Crippen molar-refractivity contribution in [3.8, 4) is 5.69 Å². The van der Waals surface area contributed by atoms with Gasteiger partial charge in [-0.25, -0.2) is 4.98 Å². The number of halogens is 2. The van der Waals surface area contributed by atoms with E-state index >= 15 is 0 Å². The summed E-state index contributed by atoms with van der Waals surface area (Å²) >= 11 is 5.58. The normalized spacial score (nSPS) is 14.1. The molecule has 0 fully saturated rings. The first-order chi connectivity index (χ1) is 16.2. The highest BCUT2D eigenvalue weighted by molar-refractivity contribution is 14.1. The molecule has 0 N–H and O–H groups in total. The molecule has 0 atom stereocenters. The average molecular weight is 629 g/mol. The number of likely N-dealkylation sites (N-methyl/N-ethyl adjacent to an activating group) is 1. The lowest BCUT2D eigenvalue weighted by molar-refractivity contribution is -0.384. The van der Waals surface area contributed by atoms with Gasteiger partial charge in [0.1, 0.15) is 5.82 Å². The van der Waals surface area contributed by atoms with Crippen LogP contribution in [-0.2, 0) is 4.79 Å². The molecule has 8 nitrogen and oxygen atoms in total. The predicted octanol–water partition coefficient (Wildman–Crippen LogP) is 5.18. The number of amides is 1. The summed E-state index contributed by atoms with van der Waals surface area (Å²) in [6.45, 7) is 0. The summed E-state index contributed by atoms with van der Waals surface area (Å²) in [5.74, 6) is 0.0254. The molecule has 5 rings (SSSR count). The maximum Gasteiger partial charge on any atom is 0.269 e. The van der Waals surface area contributed by atoms with Crippen molar-refractivity contribution < 1.29 is 9.72 Å². The first-order valence-corrected chi connectivity index (χ1v) is 11.9. The van der Waals surface area contributed by atoms with Crippen LogP contribution in [0.5, 0.6) is 0 Å². The third-order valence-corrected chi connectivity index (χ3v) is 6.76. The minimum atomic E-state index is -0.502. The second kappa shape index (κ2) is 8.44. The van der Waals surface area contributed by atoms with Crippen LogP contribution in [0.15, 0.2) is 69.9 Å². The van der Waals surface area contributed by atoms with Crippen molar-refractivity contribution in [1.29, 1.82) is 0 Å². The molecule has 1 aliphatic heterocycles. The zero-order chi connectivity index (χ0) is 24.1. The van der Waals surface area contributed by atoms with Gasteiger partial charge in [-0.1, -0.05) is 15.9 Å². The van der Waals surface area contributed by atoms with Gasteiger partial charge in [0.05, 0.1) is 32.8 Å². The number of aromatic nitrogens is 2. The Balaban J connectivity index is 1.81. The van der Waals surface area contributed by atoms with Crippen LogP contribution in [0.3, 0.4) is 0 Å². The Morgan fingerprint density at radius 2 is 1.79 bits per heavy atom. The Morgan fingerprint density at radius 1 is 1.06 bits per heavy atom. The number of rotatable bonds is 3. The van der Waals surface area contributed by atoms with Gasteiger partial charge in [0, 0.05) is 32.8 Å². The lowest BCUT2D eigenvalue weighted by atomic mass is 10.1. The largest absolute Gasteiger partial charge is 0.311 e. The van der Waals surface area contributed by atoms with Crippen LogP contribution >= 0.6 is 38.5 Å². The topological polar surface area (TPSA) is 98.3 Å². The van der Waals surface area contributed by atoms with E-state index in [4.69, 9.17) is 4.98 Å². The van der Waals surface area contributed by atoms with Crippen molar-refractivity contribution in [3.05, 3.63) is 101 Å². The molecule has 1 amide bonds. The highest BCUT2D eigenvalue weighted by atomic mass is 127. The van der Waals surface area contributed by atoms with Crippen molar-refractivity contribution in [3.63, 3.8) is 0 Å². The fraction of sp³-hybridized carbons (Fsp3) is 0.0417. The van der Waals surface area contributed by atoms with Gasteiger partial charge in [-0.15, -0.1) is 0 Å². The highest BCUT2D eigenvalue weighted by Gasteiger charge is 2.30. The minimum absolute atomic E-state index is 0.0913. The van der Waals surface area contributed by atoms with Gasteiger partial charge < -0.3 is 4.90 Å². The SMILES string of the molecule is CN1C(=O)/C(=C\c2nc3ccc(I)cc3c(=O)n2-c2ccc([N+](=O)[O-])cc2)c2cc(Br)ccc21. The van der Waals surface area contributed by atoms with Crippen molar-refractivity contribution in [2.45, 2.75) is 0 Å². The second-order valence-electron chi connectivity index (χ2n) is 7.63. The van der Waals surface area contributed by atoms with Crippen LogP contribution in [0.4, 0.5) is 11.4 Å². The number of carbonyl (C=O) groups excluding carboxylic acids is 1. The van der Waals surface area contributed by atoms with Gasteiger partial charge in [0.25, 0.3) is 17.2 Å². The molecule has 168 valence electrons.